The summed E-state index contributed by atoms with van der Waals surface area (Å²) in [6, 6.07) is 33.5. The first-order valence-electron chi connectivity index (χ1n) is 10.7. The average molecular weight is 426 g/mol. The first kappa shape index (κ1) is 21.1. The van der Waals surface area contributed by atoms with Crippen LogP contribution in [0.5, 0.6) is 0 Å². The van der Waals surface area contributed by atoms with E-state index in [1.807, 2.05) is 0 Å². The van der Waals surface area contributed by atoms with Gasteiger partial charge in [-0.15, -0.1) is 0 Å². The van der Waals surface area contributed by atoms with E-state index in [0.29, 0.717) is 0 Å². The van der Waals surface area contributed by atoms with Crippen molar-refractivity contribution in [2.75, 3.05) is 0 Å². The van der Waals surface area contributed by atoms with E-state index in [9.17, 15) is 0 Å². The van der Waals surface area contributed by atoms with Gasteiger partial charge < -0.3 is 0 Å². The van der Waals surface area contributed by atoms with Crippen LogP contribution in [-0.4, -0.2) is 0 Å². The Labute approximate surface area is 190 Å². The number of rotatable bonds is 5. The van der Waals surface area contributed by atoms with Crippen LogP contribution in [-0.2, 0) is 22.9 Å². The molecular weight excluding hydrogens is 396 g/mol. The van der Waals surface area contributed by atoms with Crippen molar-refractivity contribution in [3.8, 4) is 0 Å². The van der Waals surface area contributed by atoms with Crippen molar-refractivity contribution in [3.63, 3.8) is 0 Å². The zero-order chi connectivity index (χ0) is 21.4. The van der Waals surface area contributed by atoms with Crippen molar-refractivity contribution >= 4 is 0 Å². The monoisotopic (exact) mass is 426 g/mol. The second-order valence-electron chi connectivity index (χ2n) is 8.85. The molecule has 30 heavy (non-hydrogen) atoms. The first-order valence-corrected chi connectivity index (χ1v) is 12.3. The molecule has 150 valence electrons. The molecule has 0 bridgehead atoms. The topological polar surface area (TPSA) is 0 Å². The van der Waals surface area contributed by atoms with Gasteiger partial charge in [-0.05, 0) is 0 Å². The average Bonchev–Trinajstić information content (AvgIpc) is 2.93. The molecule has 4 rings (SSSR count). The number of hydrogen-bond acceptors (Lipinski definition) is 0. The summed E-state index contributed by atoms with van der Waals surface area (Å²) in [6.45, 7) is 11.8. The Kier molecular flexibility index (Phi) is 5.75. The minimum atomic E-state index is -0.602. The molecule has 0 saturated carbocycles. The van der Waals surface area contributed by atoms with Gasteiger partial charge in [-0.2, -0.15) is 0 Å². The summed E-state index contributed by atoms with van der Waals surface area (Å²) in [5.41, 5.74) is 8.87. The van der Waals surface area contributed by atoms with Crippen molar-refractivity contribution in [3.05, 3.63) is 128 Å². The van der Waals surface area contributed by atoms with Gasteiger partial charge in [-0.25, -0.2) is 0 Å². The molecule has 0 unspecified atom stereocenters. The van der Waals surface area contributed by atoms with Gasteiger partial charge in [0, 0.05) is 0 Å². The molecule has 0 N–H and O–H groups in total. The van der Waals surface area contributed by atoms with Crippen LogP contribution in [0.2, 0.25) is 0 Å². The zero-order valence-corrected chi connectivity index (χ0v) is 20.2. The quantitative estimate of drug-likeness (QED) is 0.290. The summed E-state index contributed by atoms with van der Waals surface area (Å²) in [5, 5.41) is 0. The Morgan fingerprint density at radius 2 is 0.933 bits per heavy atom. The van der Waals surface area contributed by atoms with Gasteiger partial charge in [0.2, 0.25) is 0 Å². The molecule has 0 radical (unpaired) electrons. The fraction of sp³-hybridized carbons (Fsp3) is 0.241. The molecule has 1 aliphatic rings. The Bertz CT molecular complexity index is 990. The van der Waals surface area contributed by atoms with Crippen LogP contribution in [0.15, 0.2) is 112 Å². The molecule has 0 atom stereocenters. The summed E-state index contributed by atoms with van der Waals surface area (Å²) in [4.78, 5) is 0. The third-order valence-electron chi connectivity index (χ3n) is 7.00. The molecule has 0 aliphatic heterocycles. The van der Waals surface area contributed by atoms with Crippen LogP contribution in [0.1, 0.15) is 51.3 Å². The summed E-state index contributed by atoms with van der Waals surface area (Å²) in [5.74, 6) is 0. The first-order chi connectivity index (χ1) is 14.4. The normalized spacial score (nSPS) is 16.2. The minimum absolute atomic E-state index is 0.109. The number of allylic oxidation sites excluding steroid dienone is 4. The second-order valence-corrected chi connectivity index (χ2v) is 11.2. The van der Waals surface area contributed by atoms with Crippen molar-refractivity contribution in [1.82, 2.24) is 0 Å². The van der Waals surface area contributed by atoms with Crippen molar-refractivity contribution < 1.29 is 19.2 Å². The van der Waals surface area contributed by atoms with E-state index >= 15 is 0 Å². The fourth-order valence-corrected chi connectivity index (χ4v) is 8.22. The molecule has 1 aliphatic carbocycles. The molecule has 0 aromatic heterocycles. The van der Waals surface area contributed by atoms with Gasteiger partial charge in [0.25, 0.3) is 0 Å². The Balaban J connectivity index is 2.02. The molecule has 0 heterocycles. The molecular formula is C29H30Ti. The molecule has 0 spiro atoms. The third-order valence-corrected chi connectivity index (χ3v) is 10.9. The van der Waals surface area contributed by atoms with Gasteiger partial charge in [-0.3, -0.25) is 0 Å². The van der Waals surface area contributed by atoms with Crippen LogP contribution in [0.4, 0.5) is 0 Å². The molecule has 0 nitrogen and oxygen atoms in total. The third kappa shape index (κ3) is 3.37. The van der Waals surface area contributed by atoms with E-state index in [2.05, 4.69) is 126 Å². The molecule has 0 fully saturated rings. The fourth-order valence-electron chi connectivity index (χ4n) is 4.81. The summed E-state index contributed by atoms with van der Waals surface area (Å²) in [7, 11) is 0. The van der Waals surface area contributed by atoms with Crippen LogP contribution in [0.25, 0.3) is 0 Å². The SMILES string of the molecule is CC1=C(C)C(C)(C)[C]([Ti][C](c2ccccc2)(c2ccccc2)c2ccccc2)=C1C. The number of hydrogen-bond donors (Lipinski definition) is 0. The summed E-state index contributed by atoms with van der Waals surface area (Å²) in [6.07, 6.45) is 0. The molecule has 0 saturated heterocycles. The van der Waals surface area contributed by atoms with Crippen LogP contribution in [0, 0.1) is 5.41 Å². The standard InChI is InChI=1S/C19H15.C10H15.Ti/c1-4-10-16(11-5-1)19(17-12-6-2-7-13-17)18-14-8-3-9-15-18;1-7-6-10(4,5)9(3)8(7)2;/h1-15H;1-5H3;. The van der Waals surface area contributed by atoms with Gasteiger partial charge in [0.1, 0.15) is 0 Å². The molecule has 1 heteroatoms. The Morgan fingerprint density at radius 3 is 1.23 bits per heavy atom. The molecule has 3 aromatic rings. The van der Waals surface area contributed by atoms with Crippen molar-refractivity contribution in [2.24, 2.45) is 5.41 Å². The summed E-state index contributed by atoms with van der Waals surface area (Å²) >= 11 is -0.602. The van der Waals surface area contributed by atoms with Gasteiger partial charge in [0.15, 0.2) is 0 Å². The van der Waals surface area contributed by atoms with Gasteiger partial charge in [-0.1, -0.05) is 0 Å². The Morgan fingerprint density at radius 1 is 0.567 bits per heavy atom. The Hall–Kier alpha value is -2.15. The number of benzene rings is 3. The van der Waals surface area contributed by atoms with E-state index < -0.39 is 19.2 Å². The van der Waals surface area contributed by atoms with E-state index in [0.717, 1.165) is 0 Å². The second kappa shape index (κ2) is 8.18. The van der Waals surface area contributed by atoms with E-state index in [4.69, 9.17) is 0 Å². The maximum absolute atomic E-state index is 2.42. The van der Waals surface area contributed by atoms with Crippen LogP contribution in [0.3, 0.4) is 0 Å². The molecule has 3 aromatic carbocycles. The zero-order valence-electron chi connectivity index (χ0n) is 18.7. The van der Waals surface area contributed by atoms with E-state index in [1.54, 1.807) is 3.88 Å². The predicted molar refractivity (Wildman–Crippen MR) is 124 cm³/mol. The van der Waals surface area contributed by atoms with Gasteiger partial charge >= 0.3 is 191 Å². The van der Waals surface area contributed by atoms with Crippen LogP contribution >= 0.6 is 0 Å². The molecule has 0 amide bonds. The van der Waals surface area contributed by atoms with Crippen molar-refractivity contribution in [1.29, 1.82) is 0 Å². The van der Waals surface area contributed by atoms with E-state index in [1.165, 1.54) is 33.4 Å². The van der Waals surface area contributed by atoms with Crippen LogP contribution < -0.4 is 0 Å². The van der Waals surface area contributed by atoms with E-state index in [-0.39, 0.29) is 9.13 Å². The van der Waals surface area contributed by atoms with Crippen molar-refractivity contribution in [2.45, 2.75) is 38.3 Å². The maximum atomic E-state index is 2.42. The summed E-state index contributed by atoms with van der Waals surface area (Å²) < 4.78 is 1.57. The van der Waals surface area contributed by atoms with Gasteiger partial charge in [0.05, 0.1) is 0 Å². The predicted octanol–water partition coefficient (Wildman–Crippen LogP) is 7.71.